The number of hydrogen-bond acceptors (Lipinski definition) is 3. The van der Waals surface area contributed by atoms with Crippen molar-refractivity contribution in [2.45, 2.75) is 40.0 Å². The molecule has 4 nitrogen and oxygen atoms in total. The number of amides is 1. The molecule has 23 heavy (non-hydrogen) atoms. The van der Waals surface area contributed by atoms with Crippen molar-refractivity contribution in [2.75, 3.05) is 11.9 Å². The highest BCUT2D eigenvalue weighted by molar-refractivity contribution is 6.00. The van der Waals surface area contributed by atoms with Crippen molar-refractivity contribution < 1.29 is 9.59 Å². The number of halogens is 1. The molecule has 2 rings (SSSR count). The molecule has 1 fully saturated rings. The predicted molar refractivity (Wildman–Crippen MR) is 96.0 cm³/mol. The summed E-state index contributed by atoms with van der Waals surface area (Å²) in [6.45, 7) is 6.27. The summed E-state index contributed by atoms with van der Waals surface area (Å²) in [5, 5.41) is 2.95. The molecule has 0 aromatic heterocycles. The average molecular weight is 339 g/mol. The summed E-state index contributed by atoms with van der Waals surface area (Å²) < 4.78 is 0. The number of carbonyl (C=O) groups excluding carboxylic acids is 2. The highest BCUT2D eigenvalue weighted by Crippen LogP contribution is 2.32. The fraction of sp³-hybridized carbons (Fsp3) is 0.556. The van der Waals surface area contributed by atoms with Crippen LogP contribution in [0.5, 0.6) is 0 Å². The van der Waals surface area contributed by atoms with Crippen LogP contribution in [0, 0.1) is 17.3 Å². The van der Waals surface area contributed by atoms with E-state index >= 15 is 0 Å². The lowest BCUT2D eigenvalue weighted by Crippen LogP contribution is -2.29. The average Bonchev–Trinajstić information content (AvgIpc) is 2.95. The number of nitrogens with one attached hydrogen (secondary N) is 1. The van der Waals surface area contributed by atoms with Gasteiger partial charge in [-0.05, 0) is 49.6 Å². The van der Waals surface area contributed by atoms with Crippen molar-refractivity contribution in [1.82, 2.24) is 0 Å². The van der Waals surface area contributed by atoms with Crippen LogP contribution in [0.1, 0.15) is 50.4 Å². The number of benzene rings is 1. The number of nitrogens with two attached hydrogens (primary N) is 1. The molecule has 1 aliphatic carbocycles. The van der Waals surface area contributed by atoms with E-state index in [1.54, 1.807) is 24.3 Å². The van der Waals surface area contributed by atoms with Gasteiger partial charge in [0.15, 0.2) is 5.78 Å². The zero-order valence-corrected chi connectivity index (χ0v) is 14.9. The van der Waals surface area contributed by atoms with Crippen molar-refractivity contribution in [2.24, 2.45) is 23.0 Å². The molecule has 1 aromatic carbocycles. The first-order chi connectivity index (χ1) is 10.3. The number of Topliss-reactive ketones (excluding diaryl/α,β-unsaturated/α-hetero) is 1. The fourth-order valence-corrected chi connectivity index (χ4v) is 3.04. The van der Waals surface area contributed by atoms with E-state index in [1.807, 2.05) is 20.8 Å². The Morgan fingerprint density at radius 2 is 1.78 bits per heavy atom. The first kappa shape index (κ1) is 19.7. The number of ketones is 1. The van der Waals surface area contributed by atoms with Crippen LogP contribution in [-0.2, 0) is 4.79 Å². The Hall–Kier alpha value is -1.39. The van der Waals surface area contributed by atoms with Gasteiger partial charge in [-0.15, -0.1) is 12.4 Å². The van der Waals surface area contributed by atoms with Crippen molar-refractivity contribution in [3.05, 3.63) is 29.8 Å². The minimum Gasteiger partial charge on any atom is -0.330 e. The van der Waals surface area contributed by atoms with E-state index in [0.717, 1.165) is 24.9 Å². The third kappa shape index (κ3) is 4.79. The highest BCUT2D eigenvalue weighted by Gasteiger charge is 2.32. The van der Waals surface area contributed by atoms with E-state index < -0.39 is 5.41 Å². The second-order valence-corrected chi connectivity index (χ2v) is 7.18. The molecule has 0 heterocycles. The number of hydrogen-bond donors (Lipinski definition) is 2. The quantitative estimate of drug-likeness (QED) is 0.823. The summed E-state index contributed by atoms with van der Waals surface area (Å²) in [6, 6.07) is 7.14. The van der Waals surface area contributed by atoms with Gasteiger partial charge in [-0.25, -0.2) is 0 Å². The highest BCUT2D eigenvalue weighted by atomic mass is 35.5. The molecule has 3 N–H and O–H groups in total. The number of carbonyl (C=O) groups is 2. The van der Waals surface area contributed by atoms with Gasteiger partial charge in [0.2, 0.25) is 5.91 Å². The van der Waals surface area contributed by atoms with E-state index in [9.17, 15) is 9.59 Å². The maximum absolute atomic E-state index is 12.3. The van der Waals surface area contributed by atoms with Gasteiger partial charge in [0.1, 0.15) is 0 Å². The van der Waals surface area contributed by atoms with E-state index in [0.29, 0.717) is 18.0 Å². The summed E-state index contributed by atoms with van der Waals surface area (Å²) in [5.74, 6) is 0.454. The molecule has 5 heteroatoms. The molecule has 0 radical (unpaired) electrons. The monoisotopic (exact) mass is 338 g/mol. The minimum absolute atomic E-state index is 0. The largest absolute Gasteiger partial charge is 0.330 e. The SMILES string of the molecule is CC(C)(C)C(=O)c1ccc(NC(=O)[C@@H]2CCC[C@@H]2CN)cc1.Cl. The normalized spacial score (nSPS) is 20.7. The second-order valence-electron chi connectivity index (χ2n) is 7.18. The van der Waals surface area contributed by atoms with Crippen LogP contribution in [-0.4, -0.2) is 18.2 Å². The molecule has 128 valence electrons. The maximum Gasteiger partial charge on any atom is 0.227 e. The Morgan fingerprint density at radius 3 is 2.30 bits per heavy atom. The van der Waals surface area contributed by atoms with Gasteiger partial charge in [-0.1, -0.05) is 27.2 Å². The van der Waals surface area contributed by atoms with Gasteiger partial charge < -0.3 is 11.1 Å². The molecule has 1 amide bonds. The third-order valence-electron chi connectivity index (χ3n) is 4.39. The van der Waals surface area contributed by atoms with Crippen LogP contribution >= 0.6 is 12.4 Å². The van der Waals surface area contributed by atoms with Crippen LogP contribution in [0.2, 0.25) is 0 Å². The van der Waals surface area contributed by atoms with Crippen LogP contribution in [0.4, 0.5) is 5.69 Å². The fourth-order valence-electron chi connectivity index (χ4n) is 3.04. The molecule has 2 atom stereocenters. The Balaban J connectivity index is 0.00000264. The summed E-state index contributed by atoms with van der Waals surface area (Å²) in [5.41, 5.74) is 6.74. The molecule has 1 aliphatic rings. The Kier molecular flexibility index (Phi) is 6.78. The maximum atomic E-state index is 12.3. The Labute approximate surface area is 144 Å². The standard InChI is InChI=1S/C18H26N2O2.ClH/c1-18(2,3)16(21)12-7-9-14(10-8-12)20-17(22)15-6-4-5-13(15)11-19;/h7-10,13,15H,4-6,11,19H2,1-3H3,(H,20,22);1H/t13-,15-;/m1./s1. The molecular weight excluding hydrogens is 312 g/mol. The molecule has 0 saturated heterocycles. The third-order valence-corrected chi connectivity index (χ3v) is 4.39. The number of anilines is 1. The zero-order valence-electron chi connectivity index (χ0n) is 14.1. The molecule has 0 aliphatic heterocycles. The van der Waals surface area contributed by atoms with Crippen LogP contribution in [0.3, 0.4) is 0 Å². The summed E-state index contributed by atoms with van der Waals surface area (Å²) in [7, 11) is 0. The van der Waals surface area contributed by atoms with Crippen molar-refractivity contribution in [3.8, 4) is 0 Å². The molecule has 1 saturated carbocycles. The van der Waals surface area contributed by atoms with Gasteiger partial charge in [0, 0.05) is 22.6 Å². The summed E-state index contributed by atoms with van der Waals surface area (Å²) >= 11 is 0. The van der Waals surface area contributed by atoms with Crippen molar-refractivity contribution in [3.63, 3.8) is 0 Å². The second kappa shape index (κ2) is 7.93. The minimum atomic E-state index is -0.400. The number of rotatable bonds is 4. The lowest BCUT2D eigenvalue weighted by Gasteiger charge is -2.18. The Bertz CT molecular complexity index is 549. The molecule has 0 bridgehead atoms. The molecule has 0 spiro atoms. The van der Waals surface area contributed by atoms with E-state index in [4.69, 9.17) is 5.73 Å². The topological polar surface area (TPSA) is 72.2 Å². The summed E-state index contributed by atoms with van der Waals surface area (Å²) in [6.07, 6.45) is 3.01. The van der Waals surface area contributed by atoms with E-state index in [-0.39, 0.29) is 30.0 Å². The zero-order chi connectivity index (χ0) is 16.3. The van der Waals surface area contributed by atoms with Crippen LogP contribution in [0.15, 0.2) is 24.3 Å². The first-order valence-corrected chi connectivity index (χ1v) is 7.98. The first-order valence-electron chi connectivity index (χ1n) is 7.98. The van der Waals surface area contributed by atoms with Crippen molar-refractivity contribution >= 4 is 29.8 Å². The lowest BCUT2D eigenvalue weighted by atomic mass is 9.86. The molecule has 0 unspecified atom stereocenters. The van der Waals surface area contributed by atoms with Gasteiger partial charge in [-0.2, -0.15) is 0 Å². The smallest absolute Gasteiger partial charge is 0.227 e. The lowest BCUT2D eigenvalue weighted by molar-refractivity contribution is -0.120. The van der Waals surface area contributed by atoms with Gasteiger partial charge >= 0.3 is 0 Å². The van der Waals surface area contributed by atoms with Crippen molar-refractivity contribution in [1.29, 1.82) is 0 Å². The van der Waals surface area contributed by atoms with Crippen LogP contribution in [0.25, 0.3) is 0 Å². The van der Waals surface area contributed by atoms with E-state index in [1.165, 1.54) is 0 Å². The van der Waals surface area contributed by atoms with Gasteiger partial charge in [0.05, 0.1) is 0 Å². The molecular formula is C18H27ClN2O2. The van der Waals surface area contributed by atoms with E-state index in [2.05, 4.69) is 5.32 Å². The van der Waals surface area contributed by atoms with Gasteiger partial charge in [-0.3, -0.25) is 9.59 Å². The van der Waals surface area contributed by atoms with Crippen LogP contribution < -0.4 is 11.1 Å². The predicted octanol–water partition coefficient (Wildman–Crippen LogP) is 3.65. The van der Waals surface area contributed by atoms with Gasteiger partial charge in [0.25, 0.3) is 0 Å². The summed E-state index contributed by atoms with van der Waals surface area (Å²) in [4.78, 5) is 24.5. The Morgan fingerprint density at radius 1 is 1.17 bits per heavy atom. The molecule has 1 aromatic rings.